The highest BCUT2D eigenvalue weighted by atomic mass is 15.0. The second kappa shape index (κ2) is 4.77. The van der Waals surface area contributed by atoms with Crippen LogP contribution in [0.1, 0.15) is 30.0 Å². The summed E-state index contributed by atoms with van der Waals surface area (Å²) in [4.78, 5) is 1.50. The molecular formula is C13H22N2+2. The molecule has 0 bridgehead atoms. The molecule has 1 saturated heterocycles. The largest absolute Gasteiger partial charge is 0.340 e. The minimum absolute atomic E-state index is 0.723. The van der Waals surface area contributed by atoms with Gasteiger partial charge >= 0.3 is 0 Å². The van der Waals surface area contributed by atoms with Gasteiger partial charge in [0.2, 0.25) is 0 Å². The van der Waals surface area contributed by atoms with Crippen molar-refractivity contribution in [3.63, 3.8) is 0 Å². The third kappa shape index (κ3) is 2.58. The fourth-order valence-electron chi connectivity index (χ4n) is 2.49. The van der Waals surface area contributed by atoms with Gasteiger partial charge in [0.1, 0.15) is 12.6 Å². The van der Waals surface area contributed by atoms with E-state index < -0.39 is 0 Å². The van der Waals surface area contributed by atoms with Crippen molar-refractivity contribution in [1.82, 2.24) is 0 Å². The molecule has 2 heteroatoms. The molecule has 15 heavy (non-hydrogen) atoms. The Balaban J connectivity index is 2.20. The molecule has 2 rings (SSSR count). The summed E-state index contributed by atoms with van der Waals surface area (Å²) in [7, 11) is 4.43. The van der Waals surface area contributed by atoms with E-state index >= 15 is 0 Å². The maximum atomic E-state index is 2.49. The van der Waals surface area contributed by atoms with Gasteiger partial charge in [0.15, 0.2) is 0 Å². The van der Waals surface area contributed by atoms with Crippen LogP contribution in [-0.2, 0) is 6.54 Å². The van der Waals surface area contributed by atoms with E-state index in [9.17, 15) is 0 Å². The predicted octanol–water partition coefficient (Wildman–Crippen LogP) is -0.271. The van der Waals surface area contributed by atoms with E-state index in [1.165, 1.54) is 29.8 Å². The Hall–Kier alpha value is -0.860. The summed E-state index contributed by atoms with van der Waals surface area (Å²) in [5, 5.41) is 2.49. The number of hydrogen-bond acceptors (Lipinski definition) is 0. The van der Waals surface area contributed by atoms with Crippen molar-refractivity contribution in [2.45, 2.75) is 25.4 Å². The fraction of sp³-hybridized carbons (Fsp3) is 0.538. The van der Waals surface area contributed by atoms with E-state index in [1.807, 2.05) is 0 Å². The molecule has 1 fully saturated rings. The van der Waals surface area contributed by atoms with Gasteiger partial charge < -0.3 is 10.2 Å². The molecule has 1 aliphatic rings. The molecular weight excluding hydrogens is 184 g/mol. The molecule has 1 heterocycles. The second-order valence-corrected chi connectivity index (χ2v) is 4.86. The van der Waals surface area contributed by atoms with Crippen LogP contribution in [0.25, 0.3) is 0 Å². The average molecular weight is 206 g/mol. The molecule has 1 atom stereocenters. The van der Waals surface area contributed by atoms with Crippen LogP contribution in [0, 0.1) is 0 Å². The fourth-order valence-corrected chi connectivity index (χ4v) is 2.49. The summed E-state index contributed by atoms with van der Waals surface area (Å²) >= 11 is 0. The number of benzene rings is 1. The van der Waals surface area contributed by atoms with Crippen LogP contribution < -0.4 is 10.2 Å². The molecule has 0 saturated carbocycles. The third-order valence-electron chi connectivity index (χ3n) is 3.17. The Bertz CT molecular complexity index is 314. The highest BCUT2D eigenvalue weighted by Crippen LogP contribution is 2.20. The zero-order valence-electron chi connectivity index (χ0n) is 9.79. The van der Waals surface area contributed by atoms with E-state index in [-0.39, 0.29) is 0 Å². The van der Waals surface area contributed by atoms with Gasteiger partial charge in [0.05, 0.1) is 20.6 Å². The molecule has 0 aromatic heterocycles. The molecule has 0 aliphatic carbocycles. The van der Waals surface area contributed by atoms with E-state index in [4.69, 9.17) is 0 Å². The van der Waals surface area contributed by atoms with Gasteiger partial charge in [-0.2, -0.15) is 0 Å². The molecule has 0 spiro atoms. The van der Waals surface area contributed by atoms with E-state index in [0.29, 0.717) is 0 Å². The first-order valence-electron chi connectivity index (χ1n) is 5.97. The Kier molecular flexibility index (Phi) is 3.39. The van der Waals surface area contributed by atoms with Gasteiger partial charge in [0.25, 0.3) is 0 Å². The summed E-state index contributed by atoms with van der Waals surface area (Å²) < 4.78 is 0. The lowest BCUT2D eigenvalue weighted by atomic mass is 9.99. The smallest absolute Gasteiger partial charge is 0.112 e. The maximum Gasteiger partial charge on any atom is 0.112 e. The van der Waals surface area contributed by atoms with E-state index in [0.717, 1.165) is 12.6 Å². The number of nitrogens with two attached hydrogens (primary N) is 1. The topological polar surface area (TPSA) is 21.1 Å². The summed E-state index contributed by atoms with van der Waals surface area (Å²) in [6.45, 7) is 2.44. The van der Waals surface area contributed by atoms with Crippen LogP contribution in [0.15, 0.2) is 24.3 Å². The van der Waals surface area contributed by atoms with Crippen LogP contribution in [0.5, 0.6) is 0 Å². The molecule has 0 amide bonds. The van der Waals surface area contributed by atoms with Gasteiger partial charge in [-0.1, -0.05) is 24.3 Å². The zero-order chi connectivity index (χ0) is 10.7. The lowest BCUT2D eigenvalue weighted by Crippen LogP contribution is -3.04. The standard InChI is InChI=1S/C13H20N2/c1-15(2)10-11-6-3-4-7-12(11)13-8-5-9-14-13/h3-4,6-7,13-14H,5,8-10H2,1-2H3/p+2/t13-/m0/s1. The van der Waals surface area contributed by atoms with Crippen molar-refractivity contribution in [1.29, 1.82) is 0 Å². The molecule has 0 unspecified atom stereocenters. The quantitative estimate of drug-likeness (QED) is 0.679. The van der Waals surface area contributed by atoms with Crippen LogP contribution >= 0.6 is 0 Å². The first-order chi connectivity index (χ1) is 7.27. The lowest BCUT2D eigenvalue weighted by Gasteiger charge is -2.14. The normalized spacial score (nSPS) is 21.1. The van der Waals surface area contributed by atoms with Crippen LogP contribution in [0.2, 0.25) is 0 Å². The molecule has 0 radical (unpaired) electrons. The maximum absolute atomic E-state index is 2.49. The SMILES string of the molecule is C[NH+](C)Cc1ccccc1[C@@H]1CCC[NH2+]1. The van der Waals surface area contributed by atoms with Crippen molar-refractivity contribution in [3.8, 4) is 0 Å². The molecule has 3 N–H and O–H groups in total. The Morgan fingerprint density at radius 1 is 1.33 bits per heavy atom. The Morgan fingerprint density at radius 2 is 2.13 bits per heavy atom. The first-order valence-corrected chi connectivity index (χ1v) is 5.97. The number of quaternary nitrogens is 2. The van der Waals surface area contributed by atoms with Crippen LogP contribution in [-0.4, -0.2) is 20.6 Å². The minimum Gasteiger partial charge on any atom is -0.340 e. The van der Waals surface area contributed by atoms with Gasteiger partial charge in [-0.15, -0.1) is 0 Å². The highest BCUT2D eigenvalue weighted by molar-refractivity contribution is 5.28. The summed E-state index contributed by atoms with van der Waals surface area (Å²) in [6.07, 6.45) is 2.72. The van der Waals surface area contributed by atoms with Crippen molar-refractivity contribution >= 4 is 0 Å². The van der Waals surface area contributed by atoms with E-state index in [2.05, 4.69) is 43.7 Å². The lowest BCUT2D eigenvalue weighted by molar-refractivity contribution is -0.872. The average Bonchev–Trinajstić information content (AvgIpc) is 2.70. The number of rotatable bonds is 3. The highest BCUT2D eigenvalue weighted by Gasteiger charge is 2.23. The second-order valence-electron chi connectivity index (χ2n) is 4.86. The Labute approximate surface area is 92.3 Å². The monoisotopic (exact) mass is 206 g/mol. The Morgan fingerprint density at radius 3 is 2.80 bits per heavy atom. The number of nitrogens with one attached hydrogen (secondary N) is 1. The molecule has 1 aromatic carbocycles. The molecule has 1 aliphatic heterocycles. The minimum atomic E-state index is 0.723. The van der Waals surface area contributed by atoms with Crippen LogP contribution in [0.3, 0.4) is 0 Å². The summed E-state index contributed by atoms with van der Waals surface area (Å²) in [6, 6.07) is 9.66. The van der Waals surface area contributed by atoms with Gasteiger partial charge in [0, 0.05) is 24.0 Å². The van der Waals surface area contributed by atoms with Crippen molar-refractivity contribution in [2.75, 3.05) is 20.6 Å². The number of hydrogen-bond donors (Lipinski definition) is 2. The molecule has 1 aromatic rings. The summed E-state index contributed by atoms with van der Waals surface area (Å²) in [5.74, 6) is 0. The van der Waals surface area contributed by atoms with Gasteiger partial charge in [-0.3, -0.25) is 0 Å². The predicted molar refractivity (Wildman–Crippen MR) is 61.7 cm³/mol. The van der Waals surface area contributed by atoms with Crippen molar-refractivity contribution in [2.24, 2.45) is 0 Å². The van der Waals surface area contributed by atoms with Crippen LogP contribution in [0.4, 0.5) is 0 Å². The van der Waals surface area contributed by atoms with Crippen molar-refractivity contribution < 1.29 is 10.2 Å². The zero-order valence-corrected chi connectivity index (χ0v) is 9.79. The molecule has 82 valence electrons. The van der Waals surface area contributed by atoms with Crippen molar-refractivity contribution in [3.05, 3.63) is 35.4 Å². The first kappa shape index (κ1) is 10.7. The molecule has 2 nitrogen and oxygen atoms in total. The van der Waals surface area contributed by atoms with Gasteiger partial charge in [-0.25, -0.2) is 0 Å². The summed E-state index contributed by atoms with van der Waals surface area (Å²) in [5.41, 5.74) is 3.09. The van der Waals surface area contributed by atoms with E-state index in [1.54, 1.807) is 5.56 Å². The third-order valence-corrected chi connectivity index (χ3v) is 3.17. The van der Waals surface area contributed by atoms with Gasteiger partial charge in [-0.05, 0) is 0 Å².